The van der Waals surface area contributed by atoms with Crippen molar-refractivity contribution >= 4 is 33.7 Å². The van der Waals surface area contributed by atoms with Crippen LogP contribution in [0.15, 0.2) is 22.8 Å². The average Bonchev–Trinajstić information content (AvgIpc) is 3.29. The zero-order chi connectivity index (χ0) is 27.9. The largest absolute Gasteiger partial charge is 0.463 e. The maximum absolute atomic E-state index is 13.4. The van der Waals surface area contributed by atoms with Crippen LogP contribution >= 0.6 is 0 Å². The molecule has 7 nitrogen and oxygen atoms in total. The minimum absolute atomic E-state index is 0.0556. The van der Waals surface area contributed by atoms with Crippen LogP contribution in [0.2, 0.25) is 0 Å². The second-order valence-corrected chi connectivity index (χ2v) is 11.7. The zero-order valence-electron chi connectivity index (χ0n) is 23.8. The van der Waals surface area contributed by atoms with Crippen molar-refractivity contribution in [2.24, 2.45) is 23.3 Å². The highest BCUT2D eigenvalue weighted by molar-refractivity contribution is 6.15. The molecule has 0 spiro atoms. The van der Waals surface area contributed by atoms with Crippen molar-refractivity contribution in [2.45, 2.75) is 98.1 Å². The van der Waals surface area contributed by atoms with Gasteiger partial charge in [-0.3, -0.25) is 0 Å². The molecule has 206 valence electrons. The van der Waals surface area contributed by atoms with Crippen LogP contribution in [0.3, 0.4) is 0 Å². The molecular weight excluding hydrogens is 480 g/mol. The number of hydrogen-bond acceptors (Lipinski definition) is 7. The number of benzene rings is 2. The van der Waals surface area contributed by atoms with Gasteiger partial charge in [0.25, 0.3) is 0 Å². The number of rotatable bonds is 8. The van der Waals surface area contributed by atoms with E-state index in [4.69, 9.17) is 25.4 Å². The Balaban J connectivity index is 2.04. The Kier molecular flexibility index (Phi) is 7.91. The number of carbonyl (C=O) groups is 2. The van der Waals surface area contributed by atoms with Crippen molar-refractivity contribution < 1.29 is 23.5 Å². The van der Waals surface area contributed by atoms with Crippen molar-refractivity contribution in [3.63, 3.8) is 0 Å². The number of esters is 2. The van der Waals surface area contributed by atoms with Gasteiger partial charge in [0.1, 0.15) is 17.7 Å². The summed E-state index contributed by atoms with van der Waals surface area (Å²) < 4.78 is 18.2. The molecule has 4 atom stereocenters. The molecule has 4 rings (SSSR count). The number of carbonyl (C=O) groups excluding carboxylic acids is 2. The predicted molar refractivity (Wildman–Crippen MR) is 151 cm³/mol. The first-order valence-corrected chi connectivity index (χ1v) is 13.9. The van der Waals surface area contributed by atoms with E-state index in [9.17, 15) is 9.59 Å². The third kappa shape index (κ3) is 4.82. The van der Waals surface area contributed by atoms with E-state index in [1.165, 1.54) is 5.56 Å². The van der Waals surface area contributed by atoms with Crippen LogP contribution < -0.4 is 20.9 Å². The summed E-state index contributed by atoms with van der Waals surface area (Å²) in [6, 6.07) is 2.52. The van der Waals surface area contributed by atoms with Gasteiger partial charge in [0.2, 0.25) is 0 Å². The minimum atomic E-state index is -0.826. The van der Waals surface area contributed by atoms with Crippen LogP contribution in [0, 0.1) is 18.8 Å². The Labute approximate surface area is 225 Å². The van der Waals surface area contributed by atoms with Gasteiger partial charge in [-0.05, 0) is 60.1 Å². The molecule has 4 unspecified atom stereocenters. The van der Waals surface area contributed by atoms with Crippen LogP contribution in [-0.2, 0) is 21.4 Å². The van der Waals surface area contributed by atoms with Crippen LogP contribution in [-0.4, -0.2) is 24.0 Å². The summed E-state index contributed by atoms with van der Waals surface area (Å²) in [6.45, 7) is 14.1. The third-order valence-corrected chi connectivity index (χ3v) is 8.61. The Bertz CT molecular complexity index is 1370. The second kappa shape index (κ2) is 10.7. The van der Waals surface area contributed by atoms with Gasteiger partial charge in [-0.25, -0.2) is 9.59 Å². The fraction of sp³-hybridized carbons (Fsp3) is 0.548. The van der Waals surface area contributed by atoms with E-state index < -0.39 is 24.0 Å². The fourth-order valence-corrected chi connectivity index (χ4v) is 5.49. The molecule has 38 heavy (non-hydrogen) atoms. The molecule has 0 saturated heterocycles. The summed E-state index contributed by atoms with van der Waals surface area (Å²) >= 11 is 0. The van der Waals surface area contributed by atoms with Crippen molar-refractivity contribution in [1.82, 2.24) is 0 Å². The average molecular weight is 523 g/mol. The molecule has 0 fully saturated rings. The van der Waals surface area contributed by atoms with Gasteiger partial charge in [0.05, 0.1) is 11.6 Å². The van der Waals surface area contributed by atoms with Crippen molar-refractivity contribution in [3.05, 3.63) is 35.1 Å². The summed E-state index contributed by atoms with van der Waals surface area (Å²) in [7, 11) is 0. The lowest BCUT2D eigenvalue weighted by Gasteiger charge is -2.34. The van der Waals surface area contributed by atoms with Gasteiger partial charge >= 0.3 is 11.9 Å². The molecule has 0 saturated carbocycles. The third-order valence-electron chi connectivity index (χ3n) is 8.61. The van der Waals surface area contributed by atoms with E-state index in [0.29, 0.717) is 11.0 Å². The highest BCUT2D eigenvalue weighted by Crippen LogP contribution is 2.50. The molecule has 0 bridgehead atoms. The zero-order valence-corrected chi connectivity index (χ0v) is 23.8. The molecule has 0 amide bonds. The number of aryl methyl sites for hydroxylation is 2. The number of nitrogens with two attached hydrogens (primary N) is 2. The monoisotopic (exact) mass is 522 g/mol. The van der Waals surface area contributed by atoms with E-state index >= 15 is 0 Å². The lowest BCUT2D eigenvalue weighted by molar-refractivity contribution is -0.139. The first kappa shape index (κ1) is 28.1. The van der Waals surface area contributed by atoms with Crippen molar-refractivity contribution in [2.75, 3.05) is 0 Å². The maximum atomic E-state index is 13.4. The summed E-state index contributed by atoms with van der Waals surface area (Å²) in [5.74, 6) is -0.899. The van der Waals surface area contributed by atoms with Gasteiger partial charge in [-0.2, -0.15) is 0 Å². The summed E-state index contributed by atoms with van der Waals surface area (Å²) in [6.07, 6.45) is 5.93. The minimum Gasteiger partial charge on any atom is -0.463 e. The Morgan fingerprint density at radius 1 is 0.974 bits per heavy atom. The normalized spacial score (nSPS) is 18.0. The Morgan fingerprint density at radius 3 is 2.08 bits per heavy atom. The molecule has 2 aromatic carbocycles. The van der Waals surface area contributed by atoms with Gasteiger partial charge < -0.3 is 25.4 Å². The Morgan fingerprint density at radius 2 is 1.53 bits per heavy atom. The van der Waals surface area contributed by atoms with E-state index in [2.05, 4.69) is 19.9 Å². The summed E-state index contributed by atoms with van der Waals surface area (Å²) in [5.41, 5.74) is 16.1. The highest BCUT2D eigenvalue weighted by atomic mass is 16.6. The number of hydrogen-bond donors (Lipinski definition) is 2. The van der Waals surface area contributed by atoms with Crippen LogP contribution in [0.25, 0.3) is 21.7 Å². The lowest BCUT2D eigenvalue weighted by Crippen LogP contribution is -2.40. The van der Waals surface area contributed by atoms with Crippen molar-refractivity contribution in [1.29, 1.82) is 0 Å². The molecule has 0 aliphatic heterocycles. The SMILES string of the molecule is CCC(C)C(N)C(=O)Oc1c(OC(=O)C(N)C(C)CC)c2c(C)coc2c2ccc3c(c12)CCCC3(C)C. The fourth-order valence-electron chi connectivity index (χ4n) is 5.49. The molecule has 7 heteroatoms. The van der Waals surface area contributed by atoms with Gasteiger partial charge in [-0.1, -0.05) is 66.5 Å². The van der Waals surface area contributed by atoms with Crippen LogP contribution in [0.4, 0.5) is 0 Å². The Hall–Kier alpha value is -2.90. The highest BCUT2D eigenvalue weighted by Gasteiger charge is 2.35. The van der Waals surface area contributed by atoms with Crippen molar-refractivity contribution in [3.8, 4) is 11.5 Å². The van der Waals surface area contributed by atoms with Gasteiger partial charge in [-0.15, -0.1) is 0 Å². The first-order valence-electron chi connectivity index (χ1n) is 13.9. The summed E-state index contributed by atoms with van der Waals surface area (Å²) in [4.78, 5) is 26.7. The summed E-state index contributed by atoms with van der Waals surface area (Å²) in [5, 5.41) is 2.15. The van der Waals surface area contributed by atoms with Gasteiger partial charge in [0, 0.05) is 10.8 Å². The molecular formula is C31H42N2O5. The topological polar surface area (TPSA) is 118 Å². The van der Waals surface area contributed by atoms with E-state index in [0.717, 1.165) is 54.0 Å². The number of fused-ring (bicyclic) bond motifs is 5. The molecule has 1 aliphatic carbocycles. The second-order valence-electron chi connectivity index (χ2n) is 11.7. The standard InChI is InChI=1S/C31H42N2O5/c1-8-16(3)24(32)29(34)37-27-22-18(5)15-36-26(22)20-12-13-21-19(11-10-14-31(21,6)7)23(20)28(27)38-30(35)25(33)17(4)9-2/h12-13,15-17,24-25H,8-11,14,32-33H2,1-7H3. The van der Waals surface area contributed by atoms with Crippen LogP contribution in [0.1, 0.15) is 83.9 Å². The molecule has 3 aromatic rings. The van der Waals surface area contributed by atoms with E-state index in [1.54, 1.807) is 6.26 Å². The number of ether oxygens (including phenoxy) is 2. The molecule has 0 radical (unpaired) electrons. The van der Waals surface area contributed by atoms with Gasteiger partial charge in [0.15, 0.2) is 11.5 Å². The molecule has 4 N–H and O–H groups in total. The van der Waals surface area contributed by atoms with Crippen LogP contribution in [0.5, 0.6) is 11.5 Å². The molecule has 1 heterocycles. The maximum Gasteiger partial charge on any atom is 0.328 e. The quantitative estimate of drug-likeness (QED) is 0.272. The van der Waals surface area contributed by atoms with E-state index in [-0.39, 0.29) is 28.7 Å². The van der Waals surface area contributed by atoms with E-state index in [1.807, 2.05) is 40.7 Å². The predicted octanol–water partition coefficient (Wildman–Crippen LogP) is 6.07. The first-order chi connectivity index (χ1) is 17.9. The number of furan rings is 1. The smallest absolute Gasteiger partial charge is 0.328 e. The lowest BCUT2D eigenvalue weighted by atomic mass is 9.71. The molecule has 1 aromatic heterocycles. The molecule has 1 aliphatic rings.